The van der Waals surface area contributed by atoms with Crippen molar-refractivity contribution in [3.05, 3.63) is 65.2 Å². The molecule has 3 rings (SSSR count). The van der Waals surface area contributed by atoms with E-state index >= 15 is 0 Å². The maximum Gasteiger partial charge on any atom is 0.315 e. The van der Waals surface area contributed by atoms with E-state index in [0.29, 0.717) is 13.2 Å². The first-order chi connectivity index (χ1) is 10.7. The van der Waals surface area contributed by atoms with E-state index in [1.165, 1.54) is 5.56 Å². The molecule has 0 saturated carbocycles. The highest BCUT2D eigenvalue weighted by atomic mass is 16.5. The second kappa shape index (κ2) is 6.52. The zero-order valence-electron chi connectivity index (χ0n) is 12.6. The van der Waals surface area contributed by atoms with Gasteiger partial charge in [-0.25, -0.2) is 4.79 Å². The smallest absolute Gasteiger partial charge is 0.315 e. The fourth-order valence-electron chi connectivity index (χ4n) is 2.64. The quantitative estimate of drug-likeness (QED) is 0.915. The Balaban J connectivity index is 1.52. The van der Waals surface area contributed by atoms with E-state index in [4.69, 9.17) is 4.74 Å². The maximum absolute atomic E-state index is 12.0. The van der Waals surface area contributed by atoms with Crippen molar-refractivity contribution < 1.29 is 9.53 Å². The predicted molar refractivity (Wildman–Crippen MR) is 86.0 cm³/mol. The fourth-order valence-corrected chi connectivity index (χ4v) is 2.64. The molecule has 2 N–H and O–H groups in total. The van der Waals surface area contributed by atoms with Gasteiger partial charge in [0.25, 0.3) is 0 Å². The summed E-state index contributed by atoms with van der Waals surface area (Å²) in [6.45, 7) is 3.08. The summed E-state index contributed by atoms with van der Waals surface area (Å²) < 4.78 is 5.68. The zero-order chi connectivity index (χ0) is 15.4. The van der Waals surface area contributed by atoms with E-state index in [-0.39, 0.29) is 12.1 Å². The van der Waals surface area contributed by atoms with Gasteiger partial charge < -0.3 is 15.4 Å². The fraction of sp³-hybridized carbons (Fsp3) is 0.278. The van der Waals surface area contributed by atoms with Crippen molar-refractivity contribution in [2.45, 2.75) is 25.9 Å². The Kier molecular flexibility index (Phi) is 4.28. The minimum atomic E-state index is -0.156. The third kappa shape index (κ3) is 3.39. The SMILES string of the molecule is Cc1ccccc1CNC(=O)NC1COc2ccccc2C1. The first kappa shape index (κ1) is 14.4. The van der Waals surface area contributed by atoms with Gasteiger partial charge in [0.1, 0.15) is 12.4 Å². The van der Waals surface area contributed by atoms with Gasteiger partial charge >= 0.3 is 6.03 Å². The van der Waals surface area contributed by atoms with Crippen LogP contribution in [0.25, 0.3) is 0 Å². The number of fused-ring (bicyclic) bond motifs is 1. The average Bonchev–Trinajstić information content (AvgIpc) is 2.54. The van der Waals surface area contributed by atoms with Crippen LogP contribution in [0.3, 0.4) is 0 Å². The van der Waals surface area contributed by atoms with Crippen LogP contribution in [-0.4, -0.2) is 18.7 Å². The highest BCUT2D eigenvalue weighted by Crippen LogP contribution is 2.23. The average molecular weight is 296 g/mol. The van der Waals surface area contributed by atoms with Gasteiger partial charge in [-0.05, 0) is 36.1 Å². The van der Waals surface area contributed by atoms with Crippen LogP contribution in [-0.2, 0) is 13.0 Å². The van der Waals surface area contributed by atoms with Crippen LogP contribution in [0.2, 0.25) is 0 Å². The van der Waals surface area contributed by atoms with Crippen molar-refractivity contribution in [1.29, 1.82) is 0 Å². The lowest BCUT2D eigenvalue weighted by Crippen LogP contribution is -2.47. The van der Waals surface area contributed by atoms with Crippen LogP contribution in [0.15, 0.2) is 48.5 Å². The Hall–Kier alpha value is -2.49. The van der Waals surface area contributed by atoms with E-state index in [2.05, 4.69) is 10.6 Å². The van der Waals surface area contributed by atoms with E-state index in [1.807, 2.05) is 55.5 Å². The van der Waals surface area contributed by atoms with Gasteiger partial charge in [0.2, 0.25) is 0 Å². The second-order valence-electron chi connectivity index (χ2n) is 5.57. The molecule has 2 aromatic rings. The molecule has 1 aliphatic heterocycles. The lowest BCUT2D eigenvalue weighted by Gasteiger charge is -2.26. The highest BCUT2D eigenvalue weighted by Gasteiger charge is 2.20. The Morgan fingerprint density at radius 2 is 1.95 bits per heavy atom. The molecule has 0 aliphatic carbocycles. The number of hydrogen-bond donors (Lipinski definition) is 2. The molecule has 2 amide bonds. The predicted octanol–water partition coefficient (Wildman–Crippen LogP) is 2.80. The molecule has 1 atom stereocenters. The number of carbonyl (C=O) groups is 1. The van der Waals surface area contributed by atoms with Crippen molar-refractivity contribution in [3.8, 4) is 5.75 Å². The first-order valence-electron chi connectivity index (χ1n) is 7.52. The minimum absolute atomic E-state index is 0.00627. The summed E-state index contributed by atoms with van der Waals surface area (Å²) in [5.74, 6) is 0.917. The molecule has 4 heteroatoms. The maximum atomic E-state index is 12.0. The molecule has 0 fully saturated rings. The number of para-hydroxylation sites is 1. The third-order valence-corrected chi connectivity index (χ3v) is 3.91. The number of carbonyl (C=O) groups excluding carboxylic acids is 1. The van der Waals surface area contributed by atoms with Gasteiger partial charge in [-0.15, -0.1) is 0 Å². The summed E-state index contributed by atoms with van der Waals surface area (Å²) in [4.78, 5) is 12.0. The molecule has 1 unspecified atom stereocenters. The summed E-state index contributed by atoms with van der Waals surface area (Å²) in [5.41, 5.74) is 3.44. The number of benzene rings is 2. The van der Waals surface area contributed by atoms with Gasteiger partial charge in [-0.2, -0.15) is 0 Å². The topological polar surface area (TPSA) is 50.4 Å². The molecule has 0 bridgehead atoms. The van der Waals surface area contributed by atoms with Gasteiger partial charge in [-0.3, -0.25) is 0 Å². The summed E-state index contributed by atoms with van der Waals surface area (Å²) in [7, 11) is 0. The number of aryl methyl sites for hydroxylation is 1. The number of ether oxygens (including phenoxy) is 1. The zero-order valence-corrected chi connectivity index (χ0v) is 12.6. The second-order valence-corrected chi connectivity index (χ2v) is 5.57. The lowest BCUT2D eigenvalue weighted by atomic mass is 10.0. The molecule has 0 radical (unpaired) electrons. The van der Waals surface area contributed by atoms with E-state index in [9.17, 15) is 4.79 Å². The first-order valence-corrected chi connectivity index (χ1v) is 7.52. The largest absolute Gasteiger partial charge is 0.491 e. The summed E-state index contributed by atoms with van der Waals surface area (Å²) in [6.07, 6.45) is 0.800. The standard InChI is InChI=1S/C18H20N2O2/c1-13-6-2-3-8-15(13)11-19-18(21)20-16-10-14-7-4-5-9-17(14)22-12-16/h2-9,16H,10-12H2,1H3,(H2,19,20,21). The molecule has 0 aromatic heterocycles. The van der Waals surface area contributed by atoms with Crippen LogP contribution in [0.4, 0.5) is 4.79 Å². The van der Waals surface area contributed by atoms with Gasteiger partial charge in [0.15, 0.2) is 0 Å². The lowest BCUT2D eigenvalue weighted by molar-refractivity contribution is 0.214. The highest BCUT2D eigenvalue weighted by molar-refractivity contribution is 5.74. The molecule has 2 aromatic carbocycles. The third-order valence-electron chi connectivity index (χ3n) is 3.91. The number of amides is 2. The Morgan fingerprint density at radius 1 is 1.18 bits per heavy atom. The van der Waals surface area contributed by atoms with E-state index < -0.39 is 0 Å². The van der Waals surface area contributed by atoms with Crippen LogP contribution >= 0.6 is 0 Å². The summed E-state index contributed by atoms with van der Waals surface area (Å²) in [6, 6.07) is 15.8. The number of urea groups is 1. The van der Waals surface area contributed by atoms with Crippen molar-refractivity contribution in [2.24, 2.45) is 0 Å². The van der Waals surface area contributed by atoms with Crippen molar-refractivity contribution >= 4 is 6.03 Å². The minimum Gasteiger partial charge on any atom is -0.491 e. The molecule has 0 saturated heterocycles. The van der Waals surface area contributed by atoms with E-state index in [1.54, 1.807) is 0 Å². The molecular formula is C18H20N2O2. The van der Waals surface area contributed by atoms with Gasteiger partial charge in [-0.1, -0.05) is 42.5 Å². The van der Waals surface area contributed by atoms with Crippen LogP contribution in [0, 0.1) is 6.92 Å². The van der Waals surface area contributed by atoms with Crippen LogP contribution in [0.1, 0.15) is 16.7 Å². The molecular weight excluding hydrogens is 276 g/mol. The molecule has 114 valence electrons. The normalized spacial score (nSPS) is 16.3. The molecule has 22 heavy (non-hydrogen) atoms. The Labute approximate surface area is 130 Å². The van der Waals surface area contributed by atoms with Gasteiger partial charge in [0.05, 0.1) is 6.04 Å². The summed E-state index contributed by atoms with van der Waals surface area (Å²) in [5, 5.41) is 5.88. The van der Waals surface area contributed by atoms with Gasteiger partial charge in [0, 0.05) is 6.54 Å². The number of rotatable bonds is 3. The van der Waals surface area contributed by atoms with Crippen molar-refractivity contribution in [3.63, 3.8) is 0 Å². The van der Waals surface area contributed by atoms with Crippen LogP contribution < -0.4 is 15.4 Å². The Bertz CT molecular complexity index is 670. The van der Waals surface area contributed by atoms with E-state index in [0.717, 1.165) is 23.3 Å². The van der Waals surface area contributed by atoms with Crippen molar-refractivity contribution in [2.75, 3.05) is 6.61 Å². The monoisotopic (exact) mass is 296 g/mol. The molecule has 1 heterocycles. The van der Waals surface area contributed by atoms with Crippen LogP contribution in [0.5, 0.6) is 5.75 Å². The summed E-state index contributed by atoms with van der Waals surface area (Å²) >= 11 is 0. The number of hydrogen-bond acceptors (Lipinski definition) is 2. The molecule has 1 aliphatic rings. The number of nitrogens with one attached hydrogen (secondary N) is 2. The van der Waals surface area contributed by atoms with Crippen molar-refractivity contribution in [1.82, 2.24) is 10.6 Å². The molecule has 0 spiro atoms. The Morgan fingerprint density at radius 3 is 2.82 bits per heavy atom. The molecule has 4 nitrogen and oxygen atoms in total.